The molecule has 0 unspecified atom stereocenters. The number of hydrogen-bond donors (Lipinski definition) is 0. The largest absolute Gasteiger partial charge is 0.261 e. The van der Waals surface area contributed by atoms with Gasteiger partial charge in [0.25, 0.3) is 0 Å². The van der Waals surface area contributed by atoms with Crippen LogP contribution in [-0.2, 0) is 0 Å². The molecule has 3 nitrogen and oxygen atoms in total. The lowest BCUT2D eigenvalue weighted by molar-refractivity contribution is 0.848. The molecule has 3 rings (SSSR count). The topological polar surface area (TPSA) is 29.6 Å². The van der Waals surface area contributed by atoms with Crippen LogP contribution in [0.3, 0.4) is 0 Å². The van der Waals surface area contributed by atoms with E-state index in [4.69, 9.17) is 5.10 Å². The van der Waals surface area contributed by atoms with Crippen molar-refractivity contribution in [2.75, 3.05) is 7.05 Å². The van der Waals surface area contributed by atoms with Gasteiger partial charge in [-0.15, -0.1) is 11.3 Å². The third kappa shape index (κ3) is 3.57. The normalized spacial score (nSPS) is 12.2. The van der Waals surface area contributed by atoms with Crippen LogP contribution in [0.5, 0.6) is 0 Å². The quantitative estimate of drug-likeness (QED) is 0.554. The molecule has 3 aromatic rings. The van der Waals surface area contributed by atoms with Crippen molar-refractivity contribution in [3.8, 4) is 11.3 Å². The first kappa shape index (κ1) is 16.9. The minimum atomic E-state index is 0.870. The van der Waals surface area contributed by atoms with E-state index < -0.39 is 0 Å². The molecule has 0 atom stereocenters. The Bertz CT molecular complexity index is 949. The third-order valence-electron chi connectivity index (χ3n) is 3.76. The summed E-state index contributed by atoms with van der Waals surface area (Å²) in [6.45, 7) is 4.19. The molecule has 24 heavy (non-hydrogen) atoms. The highest BCUT2D eigenvalue weighted by molar-refractivity contribution is 9.10. The first-order chi connectivity index (χ1) is 11.6. The first-order valence-electron chi connectivity index (χ1n) is 7.59. The molecule has 1 heterocycles. The van der Waals surface area contributed by atoms with Crippen molar-refractivity contribution in [1.29, 1.82) is 0 Å². The summed E-state index contributed by atoms with van der Waals surface area (Å²) in [5, 5.41) is 6.79. The van der Waals surface area contributed by atoms with Crippen LogP contribution >= 0.6 is 27.3 Å². The maximum atomic E-state index is 4.70. The van der Waals surface area contributed by atoms with Crippen molar-refractivity contribution in [2.24, 2.45) is 10.1 Å². The number of aryl methyl sites for hydroxylation is 2. The van der Waals surface area contributed by atoms with E-state index in [9.17, 15) is 0 Å². The highest BCUT2D eigenvalue weighted by Crippen LogP contribution is 2.22. The lowest BCUT2D eigenvalue weighted by atomic mass is 10.1. The monoisotopic (exact) mass is 399 g/mol. The van der Waals surface area contributed by atoms with Gasteiger partial charge in [0.2, 0.25) is 4.80 Å². The number of hydrogen-bond acceptors (Lipinski definition) is 3. The van der Waals surface area contributed by atoms with Gasteiger partial charge in [-0.3, -0.25) is 4.99 Å². The molecule has 0 radical (unpaired) electrons. The number of thiazole rings is 1. The van der Waals surface area contributed by atoms with E-state index in [2.05, 4.69) is 70.5 Å². The third-order valence-corrected chi connectivity index (χ3v) is 5.20. The van der Waals surface area contributed by atoms with Crippen LogP contribution in [0, 0.1) is 13.8 Å². The zero-order chi connectivity index (χ0) is 17.1. The molecule has 0 saturated carbocycles. The van der Waals surface area contributed by atoms with Crippen molar-refractivity contribution in [3.63, 3.8) is 0 Å². The number of halogens is 1. The highest BCUT2D eigenvalue weighted by Gasteiger charge is 2.07. The van der Waals surface area contributed by atoms with Gasteiger partial charge in [-0.25, -0.2) is 4.68 Å². The Hall–Kier alpha value is -1.98. The lowest BCUT2D eigenvalue weighted by Gasteiger charge is -2.05. The zero-order valence-electron chi connectivity index (χ0n) is 13.8. The van der Waals surface area contributed by atoms with Crippen LogP contribution in [-0.4, -0.2) is 17.9 Å². The predicted octanol–water partition coefficient (Wildman–Crippen LogP) is 5.01. The van der Waals surface area contributed by atoms with Crippen LogP contribution in [0.4, 0.5) is 0 Å². The van der Waals surface area contributed by atoms with Crippen molar-refractivity contribution in [2.45, 2.75) is 13.8 Å². The van der Waals surface area contributed by atoms with Gasteiger partial charge in [-0.2, -0.15) is 5.10 Å². The Morgan fingerprint density at radius 3 is 2.54 bits per heavy atom. The van der Waals surface area contributed by atoms with E-state index in [0.717, 1.165) is 26.1 Å². The van der Waals surface area contributed by atoms with Gasteiger partial charge in [0.05, 0.1) is 11.9 Å². The van der Waals surface area contributed by atoms with E-state index in [-0.39, 0.29) is 0 Å². The number of nitrogens with zero attached hydrogens (tertiary/aromatic N) is 3. The molecule has 0 spiro atoms. The Kier molecular flexibility index (Phi) is 5.11. The maximum absolute atomic E-state index is 4.70. The van der Waals surface area contributed by atoms with Crippen LogP contribution in [0.2, 0.25) is 0 Å². The highest BCUT2D eigenvalue weighted by atomic mass is 79.9. The van der Waals surface area contributed by atoms with Gasteiger partial charge in [0, 0.05) is 22.5 Å². The first-order valence-corrected chi connectivity index (χ1v) is 9.26. The predicted molar refractivity (Wildman–Crippen MR) is 106 cm³/mol. The summed E-state index contributed by atoms with van der Waals surface area (Å²) < 4.78 is 2.96. The molecule has 0 saturated heterocycles. The molecule has 2 aromatic carbocycles. The summed E-state index contributed by atoms with van der Waals surface area (Å²) in [7, 11) is 1.79. The number of rotatable bonds is 3. The minimum Gasteiger partial charge on any atom is -0.261 e. The van der Waals surface area contributed by atoms with Gasteiger partial charge in [-0.05, 0) is 37.1 Å². The molecule has 5 heteroatoms. The molecule has 0 amide bonds. The summed E-state index contributed by atoms with van der Waals surface area (Å²) in [6, 6.07) is 14.6. The van der Waals surface area contributed by atoms with E-state index in [1.165, 1.54) is 11.1 Å². The average molecular weight is 400 g/mol. The fourth-order valence-corrected chi connectivity index (χ4v) is 3.47. The standard InChI is InChI=1S/C19H18BrN3S/c1-13-4-5-14(2)16(10-13)11-22-23-18(12-24-19(23)21-3)15-6-8-17(20)9-7-15/h4-12H,1-3H3/b21-19?,22-11+. The Balaban J connectivity index is 2.07. The molecule has 0 bridgehead atoms. The number of aromatic nitrogens is 1. The van der Waals surface area contributed by atoms with Gasteiger partial charge >= 0.3 is 0 Å². The van der Waals surface area contributed by atoms with Crippen LogP contribution in [0.1, 0.15) is 16.7 Å². The average Bonchev–Trinajstić information content (AvgIpc) is 2.99. The molecule has 0 aliphatic heterocycles. The molecule has 0 N–H and O–H groups in total. The zero-order valence-corrected chi connectivity index (χ0v) is 16.2. The van der Waals surface area contributed by atoms with Gasteiger partial charge < -0.3 is 0 Å². The second-order valence-corrected chi connectivity index (χ2v) is 7.30. The summed E-state index contributed by atoms with van der Waals surface area (Å²) in [4.78, 5) is 5.21. The summed E-state index contributed by atoms with van der Waals surface area (Å²) in [5.41, 5.74) is 5.71. The molecule has 0 fully saturated rings. The van der Waals surface area contributed by atoms with Crippen molar-refractivity contribution in [1.82, 2.24) is 4.68 Å². The Labute approximate surface area is 154 Å². The van der Waals surface area contributed by atoms with Crippen LogP contribution in [0.15, 0.2) is 62.4 Å². The van der Waals surface area contributed by atoms with Gasteiger partial charge in [0.1, 0.15) is 0 Å². The van der Waals surface area contributed by atoms with Crippen LogP contribution in [0.25, 0.3) is 11.3 Å². The van der Waals surface area contributed by atoms with Crippen molar-refractivity contribution < 1.29 is 0 Å². The van der Waals surface area contributed by atoms with Gasteiger partial charge in [-0.1, -0.05) is 51.8 Å². The van der Waals surface area contributed by atoms with E-state index in [1.807, 2.05) is 23.0 Å². The molecule has 0 aliphatic rings. The smallest absolute Gasteiger partial charge is 0.205 e. The van der Waals surface area contributed by atoms with Crippen molar-refractivity contribution >= 4 is 33.5 Å². The summed E-state index contributed by atoms with van der Waals surface area (Å²) >= 11 is 5.07. The van der Waals surface area contributed by atoms with E-state index >= 15 is 0 Å². The molecule has 1 aromatic heterocycles. The molecule has 0 aliphatic carbocycles. The Morgan fingerprint density at radius 1 is 1.08 bits per heavy atom. The SMILES string of the molecule is CN=c1scc(-c2ccc(Br)cc2)n1/N=C/c1cc(C)ccc1C. The Morgan fingerprint density at radius 2 is 1.83 bits per heavy atom. The summed E-state index contributed by atoms with van der Waals surface area (Å²) in [6.07, 6.45) is 1.91. The minimum absolute atomic E-state index is 0.870. The second-order valence-electron chi connectivity index (χ2n) is 5.55. The summed E-state index contributed by atoms with van der Waals surface area (Å²) in [5.74, 6) is 0. The van der Waals surface area contributed by atoms with E-state index in [0.29, 0.717) is 0 Å². The lowest BCUT2D eigenvalue weighted by Crippen LogP contribution is -2.11. The fourth-order valence-electron chi connectivity index (χ4n) is 2.40. The maximum Gasteiger partial charge on any atom is 0.205 e. The number of benzene rings is 2. The van der Waals surface area contributed by atoms with Crippen molar-refractivity contribution in [3.05, 3.63) is 73.8 Å². The second kappa shape index (κ2) is 7.28. The van der Waals surface area contributed by atoms with Crippen LogP contribution < -0.4 is 4.80 Å². The molecular weight excluding hydrogens is 382 g/mol. The molecular formula is C19H18BrN3S. The van der Waals surface area contributed by atoms with E-state index in [1.54, 1.807) is 18.4 Å². The molecule has 122 valence electrons. The fraction of sp³-hybridized carbons (Fsp3) is 0.158. The van der Waals surface area contributed by atoms with Gasteiger partial charge in [0.15, 0.2) is 0 Å².